The van der Waals surface area contributed by atoms with Gasteiger partial charge in [0.05, 0.1) is 16.6 Å². The Hall–Kier alpha value is -1.33. The largest absolute Gasteiger partial charge is 0.404 e. The average molecular weight is 259 g/mol. The molecule has 0 aliphatic carbocycles. The molecular weight excluding hydrogens is 251 g/mol. The van der Waals surface area contributed by atoms with Crippen molar-refractivity contribution in [1.29, 1.82) is 0 Å². The maximum atomic E-state index is 5.87. The Bertz CT molecular complexity index is 500. The zero-order chi connectivity index (χ0) is 11.5. The van der Waals surface area contributed by atoms with Gasteiger partial charge in [0.2, 0.25) is 5.88 Å². The highest BCUT2D eigenvalue weighted by atomic mass is 35.5. The molecule has 0 bridgehead atoms. The van der Waals surface area contributed by atoms with Gasteiger partial charge in [-0.15, -0.1) is 16.7 Å². The van der Waals surface area contributed by atoms with Crippen molar-refractivity contribution >= 4 is 23.2 Å². The molecule has 0 N–H and O–H groups in total. The van der Waals surface area contributed by atoms with Crippen LogP contribution in [0.4, 0.5) is 0 Å². The normalized spacial score (nSPS) is 10.4. The van der Waals surface area contributed by atoms with Gasteiger partial charge in [0.1, 0.15) is 6.33 Å². The first-order chi connectivity index (χ1) is 7.69. The van der Waals surface area contributed by atoms with Crippen LogP contribution in [0.5, 0.6) is 11.9 Å². The molecule has 2 aromatic heterocycles. The number of alkyl halides is 1. The summed E-state index contributed by atoms with van der Waals surface area (Å²) in [5, 5.41) is 4.47. The third kappa shape index (κ3) is 2.43. The van der Waals surface area contributed by atoms with E-state index in [0.717, 1.165) is 0 Å². The molecule has 0 fully saturated rings. The van der Waals surface area contributed by atoms with Crippen molar-refractivity contribution in [2.75, 3.05) is 0 Å². The molecule has 2 rings (SSSR count). The molecule has 7 heteroatoms. The Morgan fingerprint density at radius 2 is 2.25 bits per heavy atom. The number of aromatic nitrogens is 4. The lowest BCUT2D eigenvalue weighted by atomic mass is 10.4. The van der Waals surface area contributed by atoms with Crippen molar-refractivity contribution in [3.8, 4) is 11.9 Å². The maximum Gasteiger partial charge on any atom is 0.342 e. The van der Waals surface area contributed by atoms with Crippen LogP contribution in [0.1, 0.15) is 5.69 Å². The van der Waals surface area contributed by atoms with E-state index in [1.807, 2.05) is 0 Å². The third-order valence-corrected chi connectivity index (χ3v) is 2.39. The molecule has 0 aliphatic heterocycles. The number of pyridine rings is 1. The summed E-state index contributed by atoms with van der Waals surface area (Å²) >= 11 is 11.5. The van der Waals surface area contributed by atoms with Gasteiger partial charge in [-0.2, -0.15) is 4.98 Å². The third-order valence-electron chi connectivity index (χ3n) is 1.79. The fraction of sp³-hybridized carbons (Fsp3) is 0.222. The summed E-state index contributed by atoms with van der Waals surface area (Å²) in [6.45, 7) is 0. The fourth-order valence-electron chi connectivity index (χ4n) is 1.07. The van der Waals surface area contributed by atoms with Crippen LogP contribution in [0.3, 0.4) is 0 Å². The van der Waals surface area contributed by atoms with E-state index in [2.05, 4.69) is 15.1 Å². The van der Waals surface area contributed by atoms with Gasteiger partial charge in [-0.05, 0) is 6.07 Å². The molecule has 0 saturated heterocycles. The van der Waals surface area contributed by atoms with Gasteiger partial charge in [-0.3, -0.25) is 4.68 Å². The highest BCUT2D eigenvalue weighted by Gasteiger charge is 2.06. The number of rotatable bonds is 3. The predicted octanol–water partition coefficient (Wildman–Crippen LogP) is 2.39. The van der Waals surface area contributed by atoms with E-state index >= 15 is 0 Å². The SMILES string of the molecule is Cn1cnc(Oc2ccc(Cl)c(CCl)n2)n1. The number of hydrogen-bond donors (Lipinski definition) is 0. The van der Waals surface area contributed by atoms with Crippen LogP contribution in [0.15, 0.2) is 18.5 Å². The molecule has 16 heavy (non-hydrogen) atoms. The van der Waals surface area contributed by atoms with E-state index in [0.29, 0.717) is 16.6 Å². The number of halogens is 2. The van der Waals surface area contributed by atoms with Gasteiger partial charge < -0.3 is 4.74 Å². The molecule has 5 nitrogen and oxygen atoms in total. The minimum absolute atomic E-state index is 0.228. The summed E-state index contributed by atoms with van der Waals surface area (Å²) in [6.07, 6.45) is 1.54. The van der Waals surface area contributed by atoms with Gasteiger partial charge in [-0.1, -0.05) is 11.6 Å². The lowest BCUT2D eigenvalue weighted by Crippen LogP contribution is -1.94. The van der Waals surface area contributed by atoms with Crippen molar-refractivity contribution in [3.05, 3.63) is 29.2 Å². The highest BCUT2D eigenvalue weighted by Crippen LogP contribution is 2.21. The van der Waals surface area contributed by atoms with Crippen LogP contribution in [0.25, 0.3) is 0 Å². The van der Waals surface area contributed by atoms with Crippen LogP contribution < -0.4 is 4.74 Å². The standard InChI is InChI=1S/C9H8Cl2N4O/c1-15-5-12-9(14-15)16-8-3-2-6(11)7(4-10)13-8/h2-3,5H,4H2,1H3. The van der Waals surface area contributed by atoms with E-state index in [4.69, 9.17) is 27.9 Å². The smallest absolute Gasteiger partial charge is 0.342 e. The lowest BCUT2D eigenvalue weighted by molar-refractivity contribution is 0.421. The van der Waals surface area contributed by atoms with E-state index in [1.165, 1.54) is 11.0 Å². The maximum absolute atomic E-state index is 5.87. The summed E-state index contributed by atoms with van der Waals surface area (Å²) in [4.78, 5) is 8.03. The molecule has 2 heterocycles. The Balaban J connectivity index is 2.21. The Morgan fingerprint density at radius 1 is 1.44 bits per heavy atom. The second-order valence-electron chi connectivity index (χ2n) is 3.01. The van der Waals surface area contributed by atoms with Crippen molar-refractivity contribution < 1.29 is 4.74 Å². The number of nitrogens with zero attached hydrogens (tertiary/aromatic N) is 4. The topological polar surface area (TPSA) is 52.8 Å². The van der Waals surface area contributed by atoms with E-state index in [9.17, 15) is 0 Å². The zero-order valence-electron chi connectivity index (χ0n) is 8.39. The lowest BCUT2D eigenvalue weighted by Gasteiger charge is -2.03. The quantitative estimate of drug-likeness (QED) is 0.794. The summed E-state index contributed by atoms with van der Waals surface area (Å²) in [5.41, 5.74) is 0.566. The molecule has 0 aliphatic rings. The predicted molar refractivity (Wildman–Crippen MR) is 59.9 cm³/mol. The van der Waals surface area contributed by atoms with Gasteiger partial charge in [0.15, 0.2) is 0 Å². The van der Waals surface area contributed by atoms with Crippen molar-refractivity contribution in [1.82, 2.24) is 19.7 Å². The highest BCUT2D eigenvalue weighted by molar-refractivity contribution is 6.32. The van der Waals surface area contributed by atoms with Crippen LogP contribution in [0.2, 0.25) is 5.02 Å². The van der Waals surface area contributed by atoms with Crippen LogP contribution in [0, 0.1) is 0 Å². The molecule has 0 spiro atoms. The monoisotopic (exact) mass is 258 g/mol. The molecule has 84 valence electrons. The molecular formula is C9H8Cl2N4O. The fourth-order valence-corrected chi connectivity index (χ4v) is 1.52. The number of aryl methyl sites for hydroxylation is 1. The second kappa shape index (κ2) is 4.67. The van der Waals surface area contributed by atoms with Crippen LogP contribution in [-0.4, -0.2) is 19.7 Å². The van der Waals surface area contributed by atoms with Crippen molar-refractivity contribution in [2.24, 2.45) is 7.05 Å². The number of ether oxygens (including phenoxy) is 1. The first-order valence-electron chi connectivity index (χ1n) is 4.44. The molecule has 0 amide bonds. The minimum Gasteiger partial charge on any atom is -0.404 e. The first-order valence-corrected chi connectivity index (χ1v) is 5.35. The zero-order valence-corrected chi connectivity index (χ0v) is 9.90. The summed E-state index contributed by atoms with van der Waals surface area (Å²) in [6, 6.07) is 3.54. The molecule has 0 aromatic carbocycles. The average Bonchev–Trinajstić information content (AvgIpc) is 2.67. The summed E-state index contributed by atoms with van der Waals surface area (Å²) in [7, 11) is 1.75. The summed E-state index contributed by atoms with van der Waals surface area (Å²) < 4.78 is 6.86. The van der Waals surface area contributed by atoms with Gasteiger partial charge >= 0.3 is 6.01 Å². The Labute approximate surface area is 102 Å². The van der Waals surface area contributed by atoms with Crippen LogP contribution >= 0.6 is 23.2 Å². The second-order valence-corrected chi connectivity index (χ2v) is 3.69. The van der Waals surface area contributed by atoms with Gasteiger partial charge in [-0.25, -0.2) is 4.98 Å². The molecule has 2 aromatic rings. The van der Waals surface area contributed by atoms with Gasteiger partial charge in [0.25, 0.3) is 0 Å². The molecule has 0 radical (unpaired) electrons. The van der Waals surface area contributed by atoms with Crippen molar-refractivity contribution in [2.45, 2.75) is 5.88 Å². The minimum atomic E-state index is 0.228. The van der Waals surface area contributed by atoms with Crippen LogP contribution in [-0.2, 0) is 12.9 Å². The van der Waals surface area contributed by atoms with Gasteiger partial charge in [0, 0.05) is 13.1 Å². The van der Waals surface area contributed by atoms with E-state index in [1.54, 1.807) is 19.2 Å². The van der Waals surface area contributed by atoms with Crippen molar-refractivity contribution in [3.63, 3.8) is 0 Å². The molecule has 0 atom stereocenters. The Morgan fingerprint density at radius 3 is 2.88 bits per heavy atom. The molecule has 0 saturated carbocycles. The summed E-state index contributed by atoms with van der Waals surface area (Å²) in [5.74, 6) is 0.595. The van der Waals surface area contributed by atoms with E-state index < -0.39 is 0 Å². The number of hydrogen-bond acceptors (Lipinski definition) is 4. The van der Waals surface area contributed by atoms with E-state index in [-0.39, 0.29) is 11.9 Å². The first kappa shape index (κ1) is 11.2. The molecule has 0 unspecified atom stereocenters. The Kier molecular flexibility index (Phi) is 3.26.